The van der Waals surface area contributed by atoms with Crippen molar-refractivity contribution in [3.63, 3.8) is 0 Å². The topological polar surface area (TPSA) is 104 Å². The third-order valence-corrected chi connectivity index (χ3v) is 7.39. The van der Waals surface area contributed by atoms with E-state index in [9.17, 15) is 23.1 Å². The predicted molar refractivity (Wildman–Crippen MR) is 85.8 cm³/mol. The van der Waals surface area contributed by atoms with Gasteiger partial charge in [0.15, 0.2) is 0 Å². The maximum atomic E-state index is 12.6. The van der Waals surface area contributed by atoms with Gasteiger partial charge in [0, 0.05) is 31.4 Å². The van der Waals surface area contributed by atoms with E-state index in [1.807, 2.05) is 0 Å². The number of rotatable bonds is 6. The highest BCUT2D eigenvalue weighted by molar-refractivity contribution is 7.91. The molecule has 1 aromatic rings. The summed E-state index contributed by atoms with van der Waals surface area (Å²) in [7, 11) is -3.66. The molecule has 7 nitrogen and oxygen atoms in total. The summed E-state index contributed by atoms with van der Waals surface area (Å²) in [5, 5.41) is 11.9. The minimum Gasteiger partial charge on any atom is -0.481 e. The van der Waals surface area contributed by atoms with Gasteiger partial charge in [-0.1, -0.05) is 0 Å². The number of aliphatic carboxylic acids is 1. The lowest BCUT2D eigenvalue weighted by Gasteiger charge is -2.19. The second kappa shape index (κ2) is 6.58. The molecule has 2 heterocycles. The standard InChI is InChI=1S/C14H20N2O5S2/c1-10(17)15-7-5-11-3-4-12(22-11)23(20,21)16-8-6-14(2,9-16)13(18)19/h3-4H,5-9H2,1-2H3,(H,15,17)(H,18,19). The van der Waals surface area contributed by atoms with Gasteiger partial charge >= 0.3 is 5.97 Å². The first kappa shape index (κ1) is 17.9. The third kappa shape index (κ3) is 3.91. The fourth-order valence-corrected chi connectivity index (χ4v) is 5.49. The number of carbonyl (C=O) groups is 2. The van der Waals surface area contributed by atoms with Crippen molar-refractivity contribution in [2.24, 2.45) is 5.41 Å². The van der Waals surface area contributed by atoms with E-state index in [1.165, 1.54) is 11.2 Å². The molecular formula is C14H20N2O5S2. The fraction of sp³-hybridized carbons (Fsp3) is 0.571. The Morgan fingerprint density at radius 2 is 2.13 bits per heavy atom. The molecule has 2 N–H and O–H groups in total. The van der Waals surface area contributed by atoms with E-state index in [0.29, 0.717) is 19.4 Å². The van der Waals surface area contributed by atoms with E-state index in [2.05, 4.69) is 5.32 Å². The Kier molecular flexibility index (Phi) is 5.12. The van der Waals surface area contributed by atoms with Gasteiger partial charge in [-0.15, -0.1) is 11.3 Å². The largest absolute Gasteiger partial charge is 0.481 e. The Morgan fingerprint density at radius 3 is 2.70 bits per heavy atom. The Hall–Kier alpha value is -1.45. The number of hydrogen-bond acceptors (Lipinski definition) is 5. The van der Waals surface area contributed by atoms with E-state index in [1.54, 1.807) is 19.1 Å². The average Bonchev–Trinajstić information content (AvgIpc) is 3.06. The lowest BCUT2D eigenvalue weighted by atomic mass is 9.90. The highest BCUT2D eigenvalue weighted by Gasteiger charge is 2.45. The maximum absolute atomic E-state index is 12.6. The van der Waals surface area contributed by atoms with Crippen LogP contribution in [-0.2, 0) is 26.0 Å². The highest BCUT2D eigenvalue weighted by Crippen LogP contribution is 2.35. The van der Waals surface area contributed by atoms with Crippen LogP contribution in [0.2, 0.25) is 0 Å². The smallest absolute Gasteiger partial charge is 0.310 e. The van der Waals surface area contributed by atoms with E-state index in [4.69, 9.17) is 0 Å². The van der Waals surface area contributed by atoms with Gasteiger partial charge in [0.1, 0.15) is 4.21 Å². The van der Waals surface area contributed by atoms with Crippen molar-refractivity contribution in [1.82, 2.24) is 9.62 Å². The quantitative estimate of drug-likeness (QED) is 0.785. The summed E-state index contributed by atoms with van der Waals surface area (Å²) in [6.07, 6.45) is 0.870. The van der Waals surface area contributed by atoms with Gasteiger partial charge in [0.2, 0.25) is 5.91 Å². The van der Waals surface area contributed by atoms with Gasteiger partial charge in [-0.3, -0.25) is 9.59 Å². The van der Waals surface area contributed by atoms with Crippen molar-refractivity contribution in [2.45, 2.75) is 30.9 Å². The molecule has 0 aromatic carbocycles. The van der Waals surface area contributed by atoms with Crippen LogP contribution in [0, 0.1) is 5.41 Å². The second-order valence-electron chi connectivity index (χ2n) is 5.91. The lowest BCUT2D eigenvalue weighted by Crippen LogP contribution is -2.34. The summed E-state index contributed by atoms with van der Waals surface area (Å²) in [4.78, 5) is 22.9. The number of carboxylic acid groups (broad SMARTS) is 1. The molecule has 1 fully saturated rings. The summed E-state index contributed by atoms with van der Waals surface area (Å²) in [5.74, 6) is -1.10. The van der Waals surface area contributed by atoms with Gasteiger partial charge in [-0.25, -0.2) is 8.42 Å². The number of hydrogen-bond donors (Lipinski definition) is 2. The van der Waals surface area contributed by atoms with Gasteiger partial charge in [-0.2, -0.15) is 4.31 Å². The van der Waals surface area contributed by atoms with Crippen molar-refractivity contribution in [3.8, 4) is 0 Å². The number of nitrogens with zero attached hydrogens (tertiary/aromatic N) is 1. The van der Waals surface area contributed by atoms with E-state index in [0.717, 1.165) is 16.2 Å². The molecule has 0 spiro atoms. The minimum atomic E-state index is -3.66. The average molecular weight is 360 g/mol. The van der Waals surface area contributed by atoms with Crippen LogP contribution in [0.1, 0.15) is 25.1 Å². The molecule has 2 rings (SSSR count). The zero-order chi connectivity index (χ0) is 17.3. The summed E-state index contributed by atoms with van der Waals surface area (Å²) in [5.41, 5.74) is -1.03. The van der Waals surface area contributed by atoms with Gasteiger partial charge < -0.3 is 10.4 Å². The zero-order valence-electron chi connectivity index (χ0n) is 13.0. The van der Waals surface area contributed by atoms with E-state index < -0.39 is 21.4 Å². The third-order valence-electron chi connectivity index (χ3n) is 3.93. The number of nitrogens with one attached hydrogen (secondary N) is 1. The first-order valence-corrected chi connectivity index (χ1v) is 9.47. The van der Waals surface area contributed by atoms with Crippen molar-refractivity contribution >= 4 is 33.2 Å². The van der Waals surface area contributed by atoms with Crippen molar-refractivity contribution in [2.75, 3.05) is 19.6 Å². The van der Waals surface area contributed by atoms with Crippen LogP contribution >= 0.6 is 11.3 Å². The summed E-state index contributed by atoms with van der Waals surface area (Å²) < 4.78 is 26.7. The van der Waals surface area contributed by atoms with Crippen LogP contribution < -0.4 is 5.32 Å². The number of sulfonamides is 1. The zero-order valence-corrected chi connectivity index (χ0v) is 14.7. The van der Waals surface area contributed by atoms with Gasteiger partial charge in [0.25, 0.3) is 10.0 Å². The molecule has 23 heavy (non-hydrogen) atoms. The molecule has 0 radical (unpaired) electrons. The first-order valence-electron chi connectivity index (χ1n) is 7.22. The van der Waals surface area contributed by atoms with Crippen LogP contribution in [0.15, 0.2) is 16.3 Å². The van der Waals surface area contributed by atoms with Crippen LogP contribution in [0.25, 0.3) is 0 Å². The van der Waals surface area contributed by atoms with Gasteiger partial charge in [-0.05, 0) is 31.9 Å². The Labute approximate surface area is 139 Å². The Morgan fingerprint density at radius 1 is 1.43 bits per heavy atom. The normalized spacial score (nSPS) is 22.2. The van der Waals surface area contributed by atoms with E-state index in [-0.39, 0.29) is 23.2 Å². The molecule has 1 aromatic heterocycles. The molecule has 1 aliphatic heterocycles. The molecule has 1 amide bonds. The molecule has 9 heteroatoms. The molecule has 1 saturated heterocycles. The molecule has 0 aliphatic carbocycles. The molecule has 0 bridgehead atoms. The van der Waals surface area contributed by atoms with Crippen LogP contribution in [0.3, 0.4) is 0 Å². The summed E-state index contributed by atoms with van der Waals surface area (Å²) in [6, 6.07) is 3.27. The monoisotopic (exact) mass is 360 g/mol. The van der Waals surface area contributed by atoms with Crippen molar-refractivity contribution in [1.29, 1.82) is 0 Å². The van der Waals surface area contributed by atoms with Crippen molar-refractivity contribution < 1.29 is 23.1 Å². The number of amides is 1. The summed E-state index contributed by atoms with van der Waals surface area (Å²) >= 11 is 1.16. The van der Waals surface area contributed by atoms with Crippen LogP contribution in [0.4, 0.5) is 0 Å². The summed E-state index contributed by atoms with van der Waals surface area (Å²) in [6.45, 7) is 3.65. The van der Waals surface area contributed by atoms with Crippen molar-refractivity contribution in [3.05, 3.63) is 17.0 Å². The predicted octanol–water partition coefficient (Wildman–Crippen LogP) is 0.912. The SMILES string of the molecule is CC(=O)NCCc1ccc(S(=O)(=O)N2CCC(C)(C(=O)O)C2)s1. The van der Waals surface area contributed by atoms with Gasteiger partial charge in [0.05, 0.1) is 5.41 Å². The maximum Gasteiger partial charge on any atom is 0.310 e. The molecule has 128 valence electrons. The van der Waals surface area contributed by atoms with E-state index >= 15 is 0 Å². The Balaban J connectivity index is 2.08. The molecule has 0 saturated carbocycles. The first-order chi connectivity index (χ1) is 10.6. The highest BCUT2D eigenvalue weighted by atomic mass is 32.2. The molecule has 1 unspecified atom stereocenters. The second-order valence-corrected chi connectivity index (χ2v) is 9.24. The molecule has 1 atom stereocenters. The molecule has 1 aliphatic rings. The number of thiophene rings is 1. The molecular weight excluding hydrogens is 340 g/mol. The number of carbonyl (C=O) groups excluding carboxylic acids is 1. The lowest BCUT2D eigenvalue weighted by molar-refractivity contribution is -0.146. The number of carboxylic acids is 1. The Bertz CT molecular complexity index is 713. The van der Waals surface area contributed by atoms with Crippen LogP contribution in [-0.4, -0.2) is 49.3 Å². The van der Waals surface area contributed by atoms with Crippen LogP contribution in [0.5, 0.6) is 0 Å². The fourth-order valence-electron chi connectivity index (χ4n) is 2.42. The minimum absolute atomic E-state index is 0.0101.